The van der Waals surface area contributed by atoms with E-state index >= 15 is 0 Å². The maximum atomic E-state index is 6.93. The molecule has 0 amide bonds. The second-order valence-corrected chi connectivity index (χ2v) is 12.7. The van der Waals surface area contributed by atoms with Gasteiger partial charge in [0.05, 0.1) is 34.0 Å². The molecule has 1 atom stereocenters. The number of para-hydroxylation sites is 1. The summed E-state index contributed by atoms with van der Waals surface area (Å²) in [6.07, 6.45) is 8.34. The summed E-state index contributed by atoms with van der Waals surface area (Å²) in [7, 11) is 0. The molecule has 50 heavy (non-hydrogen) atoms. The van der Waals surface area contributed by atoms with Gasteiger partial charge in [-0.1, -0.05) is 140 Å². The Bertz CT molecular complexity index is 2530. The van der Waals surface area contributed by atoms with E-state index in [1.54, 1.807) is 0 Å². The summed E-state index contributed by atoms with van der Waals surface area (Å²) >= 11 is 0. The number of nitrogen functional groups attached to an aromatic ring is 1. The topological polar surface area (TPSA) is 67.9 Å². The summed E-state index contributed by atoms with van der Waals surface area (Å²) in [4.78, 5) is 17.8. The molecule has 8 aromatic rings. The molecule has 3 heterocycles. The average molecular weight is 644 g/mol. The Morgan fingerprint density at radius 3 is 1.76 bits per heavy atom. The zero-order valence-corrected chi connectivity index (χ0v) is 27.5. The van der Waals surface area contributed by atoms with E-state index in [1.807, 2.05) is 30.3 Å². The van der Waals surface area contributed by atoms with Crippen LogP contribution in [0.2, 0.25) is 0 Å². The molecule has 238 valence electrons. The first-order chi connectivity index (χ1) is 24.6. The van der Waals surface area contributed by atoms with Crippen LogP contribution in [0.5, 0.6) is 0 Å². The molecule has 1 unspecified atom stereocenters. The molecule has 0 spiro atoms. The predicted molar refractivity (Wildman–Crippen MR) is 209 cm³/mol. The normalized spacial score (nSPS) is 14.2. The van der Waals surface area contributed by atoms with Gasteiger partial charge in [0.1, 0.15) is 0 Å². The van der Waals surface area contributed by atoms with Crippen LogP contribution in [0.25, 0.3) is 77.6 Å². The molecule has 0 saturated carbocycles. The van der Waals surface area contributed by atoms with Crippen molar-refractivity contribution in [1.82, 2.24) is 15.0 Å². The highest BCUT2D eigenvalue weighted by Gasteiger charge is 2.23. The molecule has 1 aliphatic rings. The van der Waals surface area contributed by atoms with E-state index in [-0.39, 0.29) is 6.04 Å². The first-order valence-corrected chi connectivity index (χ1v) is 16.9. The molecule has 2 N–H and O–H groups in total. The van der Waals surface area contributed by atoms with Crippen molar-refractivity contribution in [3.8, 4) is 45.2 Å². The lowest BCUT2D eigenvalue weighted by molar-refractivity contribution is 0.849. The second kappa shape index (κ2) is 12.1. The fourth-order valence-electron chi connectivity index (χ4n) is 7.09. The van der Waals surface area contributed by atoms with E-state index in [0.29, 0.717) is 11.5 Å². The number of fused-ring (bicyclic) bond motifs is 3. The minimum Gasteiger partial charge on any atom is -0.396 e. The molecule has 0 radical (unpaired) electrons. The Kier molecular flexibility index (Phi) is 7.17. The molecular formula is C45H33N5. The summed E-state index contributed by atoms with van der Waals surface area (Å²) in [5.41, 5.74) is 16.0. The molecule has 5 nitrogen and oxygen atoms in total. The van der Waals surface area contributed by atoms with Crippen molar-refractivity contribution in [2.75, 3.05) is 10.6 Å². The number of allylic oxidation sites excluding steroid dienone is 2. The standard InChI is InChI=1S/C45H33N5/c1-29-12-8-9-27-50(29)44-42(46)38-19-6-7-22-39(38)47-43(44)32-23-25-33(26-24-32)45-48-40(36-20-10-15-30-13-2-4-17-34(30)36)28-41(49-45)37-21-11-16-31-14-3-5-18-35(31)37/h2-29H,1H3,(H2,46,47). The van der Waals surface area contributed by atoms with Crippen LogP contribution in [0.4, 0.5) is 11.4 Å². The fraction of sp³-hybridized carbons (Fsp3) is 0.0444. The van der Waals surface area contributed by atoms with Gasteiger partial charge in [0.15, 0.2) is 5.82 Å². The van der Waals surface area contributed by atoms with Crippen LogP contribution in [-0.4, -0.2) is 21.0 Å². The highest BCUT2D eigenvalue weighted by molar-refractivity contribution is 6.03. The third kappa shape index (κ3) is 5.08. The lowest BCUT2D eigenvalue weighted by atomic mass is 9.98. The van der Waals surface area contributed by atoms with E-state index in [0.717, 1.165) is 66.7 Å². The number of benzene rings is 6. The lowest BCUT2D eigenvalue weighted by Crippen LogP contribution is -2.29. The number of rotatable bonds is 5. The molecule has 9 rings (SSSR count). The summed E-state index contributed by atoms with van der Waals surface area (Å²) in [6.45, 7) is 2.16. The SMILES string of the molecule is CC1C=CC=CN1c1c(-c2ccc(-c3nc(-c4cccc5ccccc45)cc(-c4cccc5ccccc45)n3)cc2)nc2ccccc2c1N. The number of hydrogen-bond donors (Lipinski definition) is 1. The first kappa shape index (κ1) is 29.5. The number of nitrogens with zero attached hydrogens (tertiary/aromatic N) is 4. The number of anilines is 2. The Balaban J connectivity index is 1.21. The predicted octanol–water partition coefficient (Wildman–Crippen LogP) is 10.9. The second-order valence-electron chi connectivity index (χ2n) is 12.7. The Labute approximate surface area is 290 Å². The van der Waals surface area contributed by atoms with Crippen molar-refractivity contribution < 1.29 is 0 Å². The maximum Gasteiger partial charge on any atom is 0.160 e. The van der Waals surface area contributed by atoms with E-state index in [1.165, 1.54) is 10.8 Å². The smallest absolute Gasteiger partial charge is 0.160 e. The molecule has 6 aromatic carbocycles. The molecule has 5 heteroatoms. The molecule has 0 bridgehead atoms. The quantitative estimate of drug-likeness (QED) is 0.202. The Morgan fingerprint density at radius 2 is 1.12 bits per heavy atom. The molecule has 1 aliphatic heterocycles. The van der Waals surface area contributed by atoms with Gasteiger partial charge in [0, 0.05) is 39.9 Å². The van der Waals surface area contributed by atoms with Crippen molar-refractivity contribution in [1.29, 1.82) is 0 Å². The third-order valence-electron chi connectivity index (χ3n) is 9.62. The van der Waals surface area contributed by atoms with Gasteiger partial charge in [-0.25, -0.2) is 15.0 Å². The number of aromatic nitrogens is 3. The maximum absolute atomic E-state index is 6.93. The lowest BCUT2D eigenvalue weighted by Gasteiger charge is -2.31. The van der Waals surface area contributed by atoms with Gasteiger partial charge >= 0.3 is 0 Å². The van der Waals surface area contributed by atoms with Crippen LogP contribution in [-0.2, 0) is 0 Å². The average Bonchev–Trinajstić information content (AvgIpc) is 3.18. The molecule has 2 aromatic heterocycles. The van der Waals surface area contributed by atoms with Crippen molar-refractivity contribution in [3.05, 3.63) is 164 Å². The summed E-state index contributed by atoms with van der Waals surface area (Å²) in [6, 6.07) is 48.4. The van der Waals surface area contributed by atoms with Gasteiger partial charge in [-0.2, -0.15) is 0 Å². The fourth-order valence-corrected chi connectivity index (χ4v) is 7.09. The van der Waals surface area contributed by atoms with Crippen molar-refractivity contribution in [3.63, 3.8) is 0 Å². The monoisotopic (exact) mass is 643 g/mol. The van der Waals surface area contributed by atoms with Crippen LogP contribution in [0.1, 0.15) is 6.92 Å². The van der Waals surface area contributed by atoms with Gasteiger partial charge in [0.2, 0.25) is 0 Å². The molecule has 0 fully saturated rings. The molecular weight excluding hydrogens is 611 g/mol. The van der Waals surface area contributed by atoms with Crippen LogP contribution in [0.3, 0.4) is 0 Å². The zero-order chi connectivity index (χ0) is 33.6. The minimum atomic E-state index is 0.126. The van der Waals surface area contributed by atoms with E-state index < -0.39 is 0 Å². The van der Waals surface area contributed by atoms with Gasteiger partial charge in [0.25, 0.3) is 0 Å². The Morgan fingerprint density at radius 1 is 0.560 bits per heavy atom. The van der Waals surface area contributed by atoms with E-state index in [4.69, 9.17) is 20.7 Å². The number of nitrogens with two attached hydrogens (primary N) is 1. The van der Waals surface area contributed by atoms with E-state index in [9.17, 15) is 0 Å². The third-order valence-corrected chi connectivity index (χ3v) is 9.62. The minimum absolute atomic E-state index is 0.126. The van der Waals surface area contributed by atoms with Crippen molar-refractivity contribution in [2.45, 2.75) is 13.0 Å². The van der Waals surface area contributed by atoms with Crippen LogP contribution >= 0.6 is 0 Å². The van der Waals surface area contributed by atoms with E-state index in [2.05, 4.69) is 145 Å². The summed E-state index contributed by atoms with van der Waals surface area (Å²) in [5.74, 6) is 0.661. The molecule has 0 aliphatic carbocycles. The summed E-state index contributed by atoms with van der Waals surface area (Å²) < 4.78 is 0. The number of hydrogen-bond acceptors (Lipinski definition) is 5. The molecule has 0 saturated heterocycles. The summed E-state index contributed by atoms with van der Waals surface area (Å²) in [5, 5.41) is 5.60. The zero-order valence-electron chi connectivity index (χ0n) is 27.5. The van der Waals surface area contributed by atoms with Crippen LogP contribution in [0.15, 0.2) is 164 Å². The largest absolute Gasteiger partial charge is 0.396 e. The van der Waals surface area contributed by atoms with Gasteiger partial charge in [-0.15, -0.1) is 0 Å². The first-order valence-electron chi connectivity index (χ1n) is 16.9. The van der Waals surface area contributed by atoms with Crippen LogP contribution in [0, 0.1) is 0 Å². The van der Waals surface area contributed by atoms with Crippen molar-refractivity contribution in [2.24, 2.45) is 0 Å². The van der Waals surface area contributed by atoms with Gasteiger partial charge in [-0.3, -0.25) is 0 Å². The van der Waals surface area contributed by atoms with Gasteiger partial charge < -0.3 is 10.6 Å². The Hall–Kier alpha value is -6.59. The highest BCUT2D eigenvalue weighted by atomic mass is 15.2. The van der Waals surface area contributed by atoms with Crippen LogP contribution < -0.4 is 10.6 Å². The van der Waals surface area contributed by atoms with Crippen molar-refractivity contribution >= 4 is 43.8 Å². The highest BCUT2D eigenvalue weighted by Crippen LogP contribution is 2.41. The number of pyridine rings is 1. The van der Waals surface area contributed by atoms with Gasteiger partial charge in [-0.05, 0) is 46.7 Å².